The van der Waals surface area contributed by atoms with E-state index in [1.54, 1.807) is 6.33 Å². The van der Waals surface area contributed by atoms with Gasteiger partial charge in [0.2, 0.25) is 0 Å². The monoisotopic (exact) mass is 241 g/mol. The Kier molecular flexibility index (Phi) is 2.49. The Hall–Kier alpha value is -0.640. The Balaban J connectivity index is 2.24. The van der Waals surface area contributed by atoms with Gasteiger partial charge in [-0.2, -0.15) is 0 Å². The average molecular weight is 242 g/mol. The van der Waals surface area contributed by atoms with Crippen LogP contribution < -0.4 is 4.90 Å². The van der Waals surface area contributed by atoms with Gasteiger partial charge in [0.25, 0.3) is 0 Å². The van der Waals surface area contributed by atoms with Gasteiger partial charge in [-0.1, -0.05) is 0 Å². The second-order valence-electron chi connectivity index (χ2n) is 3.38. The van der Waals surface area contributed by atoms with Gasteiger partial charge in [0.15, 0.2) is 0 Å². The van der Waals surface area contributed by atoms with Crippen molar-refractivity contribution in [2.45, 2.75) is 25.8 Å². The van der Waals surface area contributed by atoms with Crippen molar-refractivity contribution >= 4 is 21.7 Å². The number of rotatable bonds is 1. The van der Waals surface area contributed by atoms with E-state index in [1.165, 1.54) is 12.8 Å². The fraction of sp³-hybridized carbons (Fsp3) is 0.556. The van der Waals surface area contributed by atoms with Crippen LogP contribution in [0.25, 0.3) is 0 Å². The highest BCUT2D eigenvalue weighted by molar-refractivity contribution is 9.10. The van der Waals surface area contributed by atoms with Crippen LogP contribution in [0, 0.1) is 0 Å². The quantitative estimate of drug-likeness (QED) is 0.707. The third-order valence-corrected chi connectivity index (χ3v) is 2.90. The minimum absolute atomic E-state index is 0.613. The molecular formula is C9H12BrN3. The molecule has 3 nitrogen and oxygen atoms in total. The topological polar surface area (TPSA) is 29.0 Å². The maximum absolute atomic E-state index is 4.26. The Morgan fingerprint density at radius 1 is 1.54 bits per heavy atom. The molecule has 1 saturated heterocycles. The summed E-state index contributed by atoms with van der Waals surface area (Å²) in [4.78, 5) is 10.6. The fourth-order valence-electron chi connectivity index (χ4n) is 1.75. The van der Waals surface area contributed by atoms with Crippen molar-refractivity contribution in [1.82, 2.24) is 9.97 Å². The van der Waals surface area contributed by atoms with Crippen LogP contribution in [-0.2, 0) is 0 Å². The Labute approximate surface area is 86.3 Å². The highest BCUT2D eigenvalue weighted by Crippen LogP contribution is 2.24. The normalized spacial score (nSPS) is 22.3. The molecule has 1 aliphatic rings. The first-order valence-electron chi connectivity index (χ1n) is 4.51. The first kappa shape index (κ1) is 8.94. The van der Waals surface area contributed by atoms with Crippen LogP contribution in [0.4, 0.5) is 5.82 Å². The molecular weight excluding hydrogens is 230 g/mol. The summed E-state index contributed by atoms with van der Waals surface area (Å²) >= 11 is 3.35. The first-order chi connectivity index (χ1) is 6.27. The number of nitrogens with zero attached hydrogens (tertiary/aromatic N) is 3. The number of hydrogen-bond acceptors (Lipinski definition) is 3. The lowest BCUT2D eigenvalue weighted by molar-refractivity contribution is 0.725. The van der Waals surface area contributed by atoms with E-state index < -0.39 is 0 Å². The van der Waals surface area contributed by atoms with Crippen molar-refractivity contribution in [2.75, 3.05) is 11.4 Å². The molecule has 1 atom stereocenters. The van der Waals surface area contributed by atoms with Crippen LogP contribution in [-0.4, -0.2) is 22.6 Å². The largest absolute Gasteiger partial charge is 0.354 e. The second kappa shape index (κ2) is 3.62. The van der Waals surface area contributed by atoms with E-state index in [2.05, 4.69) is 37.7 Å². The Bertz CT molecular complexity index is 303. The fourth-order valence-corrected chi connectivity index (χ4v) is 2.05. The predicted octanol–water partition coefficient (Wildman–Crippen LogP) is 2.23. The van der Waals surface area contributed by atoms with Gasteiger partial charge < -0.3 is 4.90 Å². The Morgan fingerprint density at radius 3 is 3.00 bits per heavy atom. The van der Waals surface area contributed by atoms with E-state index in [9.17, 15) is 0 Å². The van der Waals surface area contributed by atoms with E-state index >= 15 is 0 Å². The highest BCUT2D eigenvalue weighted by atomic mass is 79.9. The lowest BCUT2D eigenvalue weighted by atomic mass is 10.2. The highest BCUT2D eigenvalue weighted by Gasteiger charge is 2.21. The van der Waals surface area contributed by atoms with E-state index in [1.807, 2.05) is 6.07 Å². The molecule has 2 rings (SSSR count). The van der Waals surface area contributed by atoms with E-state index in [0.29, 0.717) is 6.04 Å². The standard InChI is InChI=1S/C9H12BrN3/c1-7-3-2-4-13(7)9-5-8(10)11-6-12-9/h5-7H,2-4H2,1H3. The first-order valence-corrected chi connectivity index (χ1v) is 5.31. The van der Waals surface area contributed by atoms with Crippen LogP contribution in [0.15, 0.2) is 17.0 Å². The van der Waals surface area contributed by atoms with E-state index in [4.69, 9.17) is 0 Å². The van der Waals surface area contributed by atoms with Crippen molar-refractivity contribution in [3.63, 3.8) is 0 Å². The minimum atomic E-state index is 0.613. The molecule has 1 fully saturated rings. The van der Waals surface area contributed by atoms with Crippen molar-refractivity contribution in [3.8, 4) is 0 Å². The van der Waals surface area contributed by atoms with Crippen LogP contribution in [0.1, 0.15) is 19.8 Å². The summed E-state index contributed by atoms with van der Waals surface area (Å²) in [6.07, 6.45) is 4.13. The molecule has 1 aromatic rings. The van der Waals surface area contributed by atoms with Crippen molar-refractivity contribution in [1.29, 1.82) is 0 Å². The third kappa shape index (κ3) is 1.82. The average Bonchev–Trinajstić information content (AvgIpc) is 2.51. The zero-order valence-electron chi connectivity index (χ0n) is 7.57. The molecule has 0 aromatic carbocycles. The van der Waals surface area contributed by atoms with Gasteiger partial charge >= 0.3 is 0 Å². The number of halogens is 1. The molecule has 1 aromatic heterocycles. The molecule has 0 amide bonds. The van der Waals surface area contributed by atoms with Gasteiger partial charge in [-0.15, -0.1) is 0 Å². The van der Waals surface area contributed by atoms with Crippen LogP contribution in [0.3, 0.4) is 0 Å². The van der Waals surface area contributed by atoms with Gasteiger partial charge in [-0.25, -0.2) is 9.97 Å². The maximum atomic E-state index is 4.26. The van der Waals surface area contributed by atoms with Crippen LogP contribution >= 0.6 is 15.9 Å². The minimum Gasteiger partial charge on any atom is -0.354 e. The molecule has 2 heterocycles. The molecule has 0 aliphatic carbocycles. The third-order valence-electron chi connectivity index (χ3n) is 2.47. The van der Waals surface area contributed by atoms with Gasteiger partial charge in [0.05, 0.1) is 0 Å². The van der Waals surface area contributed by atoms with Gasteiger partial charge in [-0.3, -0.25) is 0 Å². The number of aromatic nitrogens is 2. The van der Waals surface area contributed by atoms with E-state index in [0.717, 1.165) is 17.0 Å². The summed E-state index contributed by atoms with van der Waals surface area (Å²) in [5, 5.41) is 0. The summed E-state index contributed by atoms with van der Waals surface area (Å²) in [5.41, 5.74) is 0. The summed E-state index contributed by atoms with van der Waals surface area (Å²) in [6, 6.07) is 2.59. The predicted molar refractivity (Wildman–Crippen MR) is 55.8 cm³/mol. The Morgan fingerprint density at radius 2 is 2.38 bits per heavy atom. The van der Waals surface area contributed by atoms with E-state index in [-0.39, 0.29) is 0 Å². The van der Waals surface area contributed by atoms with Crippen molar-refractivity contribution in [3.05, 3.63) is 17.0 Å². The second-order valence-corrected chi connectivity index (χ2v) is 4.20. The maximum Gasteiger partial charge on any atom is 0.133 e. The molecule has 0 saturated carbocycles. The smallest absolute Gasteiger partial charge is 0.133 e. The molecule has 0 N–H and O–H groups in total. The van der Waals surface area contributed by atoms with Crippen molar-refractivity contribution < 1.29 is 0 Å². The number of hydrogen-bond donors (Lipinski definition) is 0. The molecule has 0 bridgehead atoms. The lowest BCUT2D eigenvalue weighted by Gasteiger charge is -2.22. The summed E-state index contributed by atoms with van der Waals surface area (Å²) in [7, 11) is 0. The molecule has 70 valence electrons. The van der Waals surface area contributed by atoms with Crippen molar-refractivity contribution in [2.24, 2.45) is 0 Å². The zero-order valence-corrected chi connectivity index (χ0v) is 9.16. The van der Waals surface area contributed by atoms with Gasteiger partial charge in [-0.05, 0) is 35.7 Å². The molecule has 0 spiro atoms. The molecule has 4 heteroatoms. The lowest BCUT2D eigenvalue weighted by Crippen LogP contribution is -2.27. The molecule has 13 heavy (non-hydrogen) atoms. The molecule has 0 radical (unpaired) electrons. The summed E-state index contributed by atoms with van der Waals surface area (Å²) in [6.45, 7) is 3.35. The molecule has 1 unspecified atom stereocenters. The van der Waals surface area contributed by atoms with Crippen LogP contribution in [0.5, 0.6) is 0 Å². The summed E-state index contributed by atoms with van der Waals surface area (Å²) in [5.74, 6) is 1.03. The SMILES string of the molecule is CC1CCCN1c1cc(Br)ncn1. The van der Waals surface area contributed by atoms with Gasteiger partial charge in [0.1, 0.15) is 16.7 Å². The molecule has 1 aliphatic heterocycles. The summed E-state index contributed by atoms with van der Waals surface area (Å²) < 4.78 is 0.858. The van der Waals surface area contributed by atoms with Crippen LogP contribution in [0.2, 0.25) is 0 Å². The van der Waals surface area contributed by atoms with Gasteiger partial charge in [0, 0.05) is 18.7 Å². The zero-order chi connectivity index (χ0) is 9.26. The number of anilines is 1.